The molecule has 0 saturated heterocycles. The van der Waals surface area contributed by atoms with Crippen LogP contribution in [0.5, 0.6) is 5.75 Å². The summed E-state index contributed by atoms with van der Waals surface area (Å²) in [5.74, 6) is -2.01. The summed E-state index contributed by atoms with van der Waals surface area (Å²) in [4.78, 5) is 36.8. The van der Waals surface area contributed by atoms with Gasteiger partial charge in [-0.2, -0.15) is 0 Å². The predicted octanol–water partition coefficient (Wildman–Crippen LogP) is 5.83. The first-order valence-electron chi connectivity index (χ1n) is 11.4. The molecule has 37 heavy (non-hydrogen) atoms. The number of Topliss-reactive ketones (excluding diaryl/α,β-unsaturated/α-hetero) is 1. The van der Waals surface area contributed by atoms with Gasteiger partial charge in [0.25, 0.3) is 0 Å². The van der Waals surface area contributed by atoms with Gasteiger partial charge in [0.15, 0.2) is 17.3 Å². The molecule has 9 heteroatoms. The molecule has 0 aliphatic carbocycles. The van der Waals surface area contributed by atoms with Crippen LogP contribution in [0.3, 0.4) is 0 Å². The van der Waals surface area contributed by atoms with Crippen LogP contribution in [0.2, 0.25) is 0 Å². The van der Waals surface area contributed by atoms with Crippen molar-refractivity contribution >= 4 is 34.8 Å². The second kappa shape index (κ2) is 11.4. The van der Waals surface area contributed by atoms with E-state index in [4.69, 9.17) is 10.5 Å². The number of hydrogen-bond acceptors (Lipinski definition) is 6. The van der Waals surface area contributed by atoms with Gasteiger partial charge in [-0.05, 0) is 67.1 Å². The molecule has 8 nitrogen and oxygen atoms in total. The molecule has 192 valence electrons. The van der Waals surface area contributed by atoms with E-state index in [9.17, 15) is 23.9 Å². The van der Waals surface area contributed by atoms with E-state index in [0.29, 0.717) is 22.6 Å². The second-order valence-corrected chi connectivity index (χ2v) is 8.99. The fourth-order valence-corrected chi connectivity index (χ4v) is 3.54. The average molecular weight is 506 g/mol. The zero-order chi connectivity index (χ0) is 27.2. The summed E-state index contributed by atoms with van der Waals surface area (Å²) in [6.07, 6.45) is 0.922. The maximum absolute atomic E-state index is 14.2. The van der Waals surface area contributed by atoms with Crippen LogP contribution in [-0.4, -0.2) is 22.9 Å². The number of carbonyl (C=O) groups is 3. The fourth-order valence-electron chi connectivity index (χ4n) is 3.54. The highest BCUT2D eigenvalue weighted by atomic mass is 19.1. The number of anilines is 3. The summed E-state index contributed by atoms with van der Waals surface area (Å²) in [7, 11) is 0. The van der Waals surface area contributed by atoms with Gasteiger partial charge in [-0.3, -0.25) is 14.9 Å². The first kappa shape index (κ1) is 26.9. The highest BCUT2D eigenvalue weighted by Gasteiger charge is 2.33. The highest BCUT2D eigenvalue weighted by molar-refractivity contribution is 6.01. The zero-order valence-electron chi connectivity index (χ0n) is 20.6. The maximum Gasteiger partial charge on any atom is 0.412 e. The van der Waals surface area contributed by atoms with Crippen LogP contribution in [-0.2, 0) is 9.53 Å². The number of hydrogen-bond donors (Lipinski definition) is 4. The van der Waals surface area contributed by atoms with E-state index in [1.165, 1.54) is 25.1 Å². The number of ketones is 1. The predicted molar refractivity (Wildman–Crippen MR) is 140 cm³/mol. The molecule has 3 rings (SSSR count). The Kier molecular flexibility index (Phi) is 8.29. The Balaban J connectivity index is 1.82. The number of phenols is 1. The monoisotopic (exact) mass is 505 g/mol. The van der Waals surface area contributed by atoms with Gasteiger partial charge >= 0.3 is 6.09 Å². The summed E-state index contributed by atoms with van der Waals surface area (Å²) in [5.41, 5.74) is 6.84. The Morgan fingerprint density at radius 2 is 1.70 bits per heavy atom. The van der Waals surface area contributed by atoms with Crippen molar-refractivity contribution in [3.8, 4) is 5.75 Å². The minimum Gasteiger partial charge on any atom is -0.505 e. The number of amides is 2. The number of nitrogen functional groups attached to an aromatic ring is 1. The molecule has 0 aliphatic heterocycles. The van der Waals surface area contributed by atoms with Gasteiger partial charge < -0.3 is 20.9 Å². The van der Waals surface area contributed by atoms with E-state index >= 15 is 0 Å². The Bertz CT molecular complexity index is 1340. The number of rotatable bonds is 8. The minimum atomic E-state index is -1.05. The lowest BCUT2D eigenvalue weighted by atomic mass is 9.82. The summed E-state index contributed by atoms with van der Waals surface area (Å²) >= 11 is 0. The van der Waals surface area contributed by atoms with Crippen molar-refractivity contribution in [3.63, 3.8) is 0 Å². The zero-order valence-corrected chi connectivity index (χ0v) is 20.6. The van der Waals surface area contributed by atoms with E-state index < -0.39 is 35.1 Å². The van der Waals surface area contributed by atoms with Crippen molar-refractivity contribution in [2.75, 3.05) is 16.4 Å². The molecule has 3 aromatic rings. The van der Waals surface area contributed by atoms with Crippen LogP contribution in [0.25, 0.3) is 0 Å². The third-order valence-electron chi connectivity index (χ3n) is 5.60. The molecule has 0 radical (unpaired) electrons. The normalized spacial score (nSPS) is 12.1. The second-order valence-electron chi connectivity index (χ2n) is 8.99. The first-order valence-corrected chi connectivity index (χ1v) is 11.4. The number of ether oxygens (including phenoxy) is 1. The molecular formula is C28H28FN3O5. The van der Waals surface area contributed by atoms with Gasteiger partial charge in [0.1, 0.15) is 6.10 Å². The number of nitrogens with two attached hydrogens (primary N) is 1. The molecule has 0 saturated carbocycles. The molecule has 0 bridgehead atoms. The first-order chi connectivity index (χ1) is 17.5. The third-order valence-corrected chi connectivity index (χ3v) is 5.60. The number of phenolic OH excluding ortho intramolecular Hbond substituents is 1. The van der Waals surface area contributed by atoms with Crippen molar-refractivity contribution in [2.24, 2.45) is 5.41 Å². The van der Waals surface area contributed by atoms with Crippen molar-refractivity contribution < 1.29 is 28.6 Å². The molecule has 0 heterocycles. The van der Waals surface area contributed by atoms with Gasteiger partial charge in [-0.1, -0.05) is 38.1 Å². The summed E-state index contributed by atoms with van der Waals surface area (Å²) < 4.78 is 19.9. The molecular weight excluding hydrogens is 477 g/mol. The lowest BCUT2D eigenvalue weighted by molar-refractivity contribution is -0.112. The van der Waals surface area contributed by atoms with Gasteiger partial charge in [0, 0.05) is 16.7 Å². The van der Waals surface area contributed by atoms with Crippen LogP contribution in [0.1, 0.15) is 42.8 Å². The number of benzene rings is 3. The van der Waals surface area contributed by atoms with Crippen molar-refractivity contribution in [2.45, 2.75) is 26.9 Å². The van der Waals surface area contributed by atoms with Crippen LogP contribution >= 0.6 is 0 Å². The van der Waals surface area contributed by atoms with Crippen LogP contribution in [0.15, 0.2) is 78.9 Å². The van der Waals surface area contributed by atoms with Gasteiger partial charge in [-0.25, -0.2) is 9.18 Å². The minimum absolute atomic E-state index is 0.115. The summed E-state index contributed by atoms with van der Waals surface area (Å²) in [6.45, 7) is 4.85. The van der Waals surface area contributed by atoms with E-state index in [1.807, 2.05) is 0 Å². The van der Waals surface area contributed by atoms with E-state index in [2.05, 4.69) is 10.6 Å². The van der Waals surface area contributed by atoms with Gasteiger partial charge in [-0.15, -0.1) is 0 Å². The highest BCUT2D eigenvalue weighted by Crippen LogP contribution is 2.39. The molecule has 0 unspecified atom stereocenters. The Labute approximate surface area is 214 Å². The lowest BCUT2D eigenvalue weighted by Gasteiger charge is -2.31. The largest absolute Gasteiger partial charge is 0.505 e. The smallest absolute Gasteiger partial charge is 0.412 e. The molecule has 2 amide bonds. The maximum atomic E-state index is 14.2. The van der Waals surface area contributed by atoms with Crippen molar-refractivity contribution in [1.82, 2.24) is 0 Å². The number of aromatic hydroxyl groups is 1. The lowest BCUT2D eigenvalue weighted by Crippen LogP contribution is -2.28. The van der Waals surface area contributed by atoms with Crippen LogP contribution < -0.4 is 16.4 Å². The number of carbonyl (C=O) groups excluding carboxylic acids is 3. The molecule has 0 fully saturated rings. The quantitative estimate of drug-likeness (QED) is 0.173. The molecule has 0 aromatic heterocycles. The Morgan fingerprint density at radius 3 is 2.32 bits per heavy atom. The standard InChI is InChI=1S/C28H28FN3O5/c1-17(33)18-8-11-20(12-9-18)31-27(36)37-26(19-10-13-24(34)21(29)16-19)28(2,3)15-14-25(35)32-23-7-5-4-6-22(23)30/h4-16,26,34H,30H2,1-3H3,(H,31,36)(H,32,35)/b15-14+/t26-/m0/s1. The average Bonchev–Trinajstić information content (AvgIpc) is 2.85. The van der Waals surface area contributed by atoms with E-state index in [0.717, 1.165) is 12.1 Å². The summed E-state index contributed by atoms with van der Waals surface area (Å²) in [6, 6.07) is 16.7. The topological polar surface area (TPSA) is 131 Å². The van der Waals surface area contributed by atoms with Crippen LogP contribution in [0, 0.1) is 11.2 Å². The van der Waals surface area contributed by atoms with Gasteiger partial charge in [0.2, 0.25) is 5.91 Å². The number of halogens is 1. The molecule has 5 N–H and O–H groups in total. The molecule has 0 aliphatic rings. The van der Waals surface area contributed by atoms with Gasteiger partial charge in [0.05, 0.1) is 11.4 Å². The number of para-hydroxylation sites is 2. The summed E-state index contributed by atoms with van der Waals surface area (Å²) in [5, 5.41) is 14.9. The van der Waals surface area contributed by atoms with Crippen molar-refractivity contribution in [1.29, 1.82) is 0 Å². The SMILES string of the molecule is CC(=O)c1ccc(NC(=O)O[C@@H](c2ccc(O)c(F)c2)C(C)(C)/C=C/C(=O)Nc2ccccc2N)cc1. The van der Waals surface area contributed by atoms with E-state index in [-0.39, 0.29) is 11.3 Å². The molecule has 1 atom stereocenters. The molecule has 0 spiro atoms. The Morgan fingerprint density at radius 1 is 1.03 bits per heavy atom. The molecule has 3 aromatic carbocycles. The van der Waals surface area contributed by atoms with E-state index in [1.54, 1.807) is 62.4 Å². The third kappa shape index (κ3) is 7.17. The number of nitrogens with one attached hydrogen (secondary N) is 2. The fraction of sp³-hybridized carbons (Fsp3) is 0.179. The van der Waals surface area contributed by atoms with Crippen LogP contribution in [0.4, 0.5) is 26.2 Å². The van der Waals surface area contributed by atoms with Crippen molar-refractivity contribution in [3.05, 3.63) is 95.8 Å². The Hall–Kier alpha value is -4.66.